The van der Waals surface area contributed by atoms with Crippen molar-refractivity contribution in [2.75, 3.05) is 12.4 Å². The molecule has 0 saturated heterocycles. The number of anilines is 1. The SMILES string of the molecule is COC(=O)c1sc2cc(NC(=O)c3ccn(COc4cc(C)ccc4C)n3)ccc2c1Cl. The van der Waals surface area contributed by atoms with Crippen LogP contribution in [0.25, 0.3) is 10.1 Å². The van der Waals surface area contributed by atoms with Gasteiger partial charge in [0.15, 0.2) is 12.4 Å². The molecular formula is C23H20ClN3O4S. The first-order valence-electron chi connectivity index (χ1n) is 9.71. The van der Waals surface area contributed by atoms with Gasteiger partial charge >= 0.3 is 5.97 Å². The normalized spacial score (nSPS) is 10.9. The van der Waals surface area contributed by atoms with Gasteiger partial charge in [0.1, 0.15) is 10.6 Å². The van der Waals surface area contributed by atoms with Crippen LogP contribution in [-0.4, -0.2) is 28.8 Å². The number of rotatable bonds is 6. The quantitative estimate of drug-likeness (QED) is 0.380. The Kier molecular flexibility index (Phi) is 6.16. The molecule has 0 unspecified atom stereocenters. The van der Waals surface area contributed by atoms with Crippen LogP contribution in [0.1, 0.15) is 31.3 Å². The van der Waals surface area contributed by atoms with E-state index >= 15 is 0 Å². The molecule has 0 spiro atoms. The average Bonchev–Trinajstić information content (AvgIpc) is 3.38. The van der Waals surface area contributed by atoms with Crippen molar-refractivity contribution in [3.05, 3.63) is 75.4 Å². The molecule has 0 saturated carbocycles. The standard InChI is InChI=1S/C23H20ClN3O4S/c1-13-4-5-14(2)18(10-13)31-12-27-9-8-17(26-27)22(28)25-15-6-7-16-19(11-15)32-21(20(16)24)23(29)30-3/h4-11H,12H2,1-3H3,(H,25,28). The second kappa shape index (κ2) is 9.02. The van der Waals surface area contributed by atoms with Crippen LogP contribution in [0.2, 0.25) is 5.02 Å². The number of methoxy groups -OCH3 is 1. The van der Waals surface area contributed by atoms with Gasteiger partial charge in [-0.2, -0.15) is 5.10 Å². The lowest BCUT2D eigenvalue weighted by Crippen LogP contribution is -2.14. The van der Waals surface area contributed by atoms with Crippen molar-refractivity contribution in [3.63, 3.8) is 0 Å². The third-order valence-corrected chi connectivity index (χ3v) is 6.46. The summed E-state index contributed by atoms with van der Waals surface area (Å²) in [6, 6.07) is 12.8. The summed E-state index contributed by atoms with van der Waals surface area (Å²) in [5, 5.41) is 8.18. The molecule has 2 aromatic heterocycles. The second-order valence-electron chi connectivity index (χ2n) is 7.18. The van der Waals surface area contributed by atoms with E-state index in [1.54, 1.807) is 35.1 Å². The van der Waals surface area contributed by atoms with Gasteiger partial charge in [0, 0.05) is 22.0 Å². The van der Waals surface area contributed by atoms with Gasteiger partial charge in [0.2, 0.25) is 0 Å². The van der Waals surface area contributed by atoms with Crippen molar-refractivity contribution in [3.8, 4) is 5.75 Å². The molecular weight excluding hydrogens is 450 g/mol. The van der Waals surface area contributed by atoms with Gasteiger partial charge in [-0.05, 0) is 55.3 Å². The van der Waals surface area contributed by atoms with Gasteiger partial charge in [-0.1, -0.05) is 23.7 Å². The summed E-state index contributed by atoms with van der Waals surface area (Å²) in [6.07, 6.45) is 1.69. The third kappa shape index (κ3) is 4.46. The molecule has 2 heterocycles. The molecule has 32 heavy (non-hydrogen) atoms. The van der Waals surface area contributed by atoms with E-state index in [9.17, 15) is 9.59 Å². The van der Waals surface area contributed by atoms with E-state index < -0.39 is 5.97 Å². The van der Waals surface area contributed by atoms with Crippen molar-refractivity contribution in [1.82, 2.24) is 9.78 Å². The Bertz CT molecular complexity index is 1330. The molecule has 0 bridgehead atoms. The molecule has 2 aromatic carbocycles. The zero-order valence-corrected chi connectivity index (χ0v) is 19.2. The molecule has 1 N–H and O–H groups in total. The fraction of sp³-hybridized carbons (Fsp3) is 0.174. The number of nitrogens with zero attached hydrogens (tertiary/aromatic N) is 2. The molecule has 0 aliphatic carbocycles. The molecule has 0 aliphatic heterocycles. The summed E-state index contributed by atoms with van der Waals surface area (Å²) in [4.78, 5) is 24.8. The summed E-state index contributed by atoms with van der Waals surface area (Å²) in [7, 11) is 1.31. The number of aryl methyl sites for hydroxylation is 2. The lowest BCUT2D eigenvalue weighted by atomic mass is 10.1. The molecule has 0 fully saturated rings. The molecule has 0 atom stereocenters. The Morgan fingerprint density at radius 3 is 2.75 bits per heavy atom. The Morgan fingerprint density at radius 2 is 1.97 bits per heavy atom. The number of fused-ring (bicyclic) bond motifs is 1. The number of carbonyl (C=O) groups excluding carboxylic acids is 2. The van der Waals surface area contributed by atoms with Crippen LogP contribution in [0.5, 0.6) is 5.75 Å². The molecule has 9 heteroatoms. The number of nitrogens with one attached hydrogen (secondary N) is 1. The zero-order valence-electron chi connectivity index (χ0n) is 17.6. The van der Waals surface area contributed by atoms with Gasteiger partial charge in [0.25, 0.3) is 5.91 Å². The van der Waals surface area contributed by atoms with E-state index in [1.165, 1.54) is 18.4 Å². The van der Waals surface area contributed by atoms with Crippen LogP contribution >= 0.6 is 22.9 Å². The number of amides is 1. The van der Waals surface area contributed by atoms with Crippen LogP contribution in [0, 0.1) is 13.8 Å². The molecule has 0 radical (unpaired) electrons. The molecule has 7 nitrogen and oxygen atoms in total. The number of benzene rings is 2. The van der Waals surface area contributed by atoms with Crippen LogP contribution in [0.3, 0.4) is 0 Å². The van der Waals surface area contributed by atoms with Gasteiger partial charge in [-0.3, -0.25) is 4.79 Å². The van der Waals surface area contributed by atoms with Crippen LogP contribution in [0.15, 0.2) is 48.7 Å². The summed E-state index contributed by atoms with van der Waals surface area (Å²) in [5.41, 5.74) is 2.96. The van der Waals surface area contributed by atoms with Gasteiger partial charge in [-0.15, -0.1) is 11.3 Å². The van der Waals surface area contributed by atoms with Gasteiger partial charge in [-0.25, -0.2) is 9.48 Å². The molecule has 1 amide bonds. The highest BCUT2D eigenvalue weighted by molar-refractivity contribution is 7.21. The van der Waals surface area contributed by atoms with Crippen molar-refractivity contribution < 1.29 is 19.1 Å². The first-order valence-corrected chi connectivity index (χ1v) is 10.9. The highest BCUT2D eigenvalue weighted by Crippen LogP contribution is 2.37. The van der Waals surface area contributed by atoms with Crippen molar-refractivity contribution >= 4 is 50.6 Å². The zero-order chi connectivity index (χ0) is 22.8. The lowest BCUT2D eigenvalue weighted by molar-refractivity contribution is 0.0606. The summed E-state index contributed by atoms with van der Waals surface area (Å²) in [5.74, 6) is -0.0678. The van der Waals surface area contributed by atoms with Crippen molar-refractivity contribution in [1.29, 1.82) is 0 Å². The Hall–Kier alpha value is -3.36. The van der Waals surface area contributed by atoms with E-state index in [1.807, 2.05) is 32.0 Å². The predicted octanol–water partition coefficient (Wildman–Crippen LogP) is 5.44. The maximum atomic E-state index is 12.6. The van der Waals surface area contributed by atoms with E-state index in [4.69, 9.17) is 21.1 Å². The van der Waals surface area contributed by atoms with Crippen LogP contribution < -0.4 is 10.1 Å². The molecule has 4 aromatic rings. The number of halogens is 1. The minimum atomic E-state index is -0.490. The number of aromatic nitrogens is 2. The third-order valence-electron chi connectivity index (χ3n) is 4.83. The fourth-order valence-electron chi connectivity index (χ4n) is 3.12. The van der Waals surface area contributed by atoms with E-state index in [-0.39, 0.29) is 18.3 Å². The molecule has 164 valence electrons. The number of hydrogen-bond donors (Lipinski definition) is 1. The molecule has 0 aliphatic rings. The van der Waals surface area contributed by atoms with Crippen molar-refractivity contribution in [2.24, 2.45) is 0 Å². The van der Waals surface area contributed by atoms with Gasteiger partial charge in [0.05, 0.1) is 12.1 Å². The minimum absolute atomic E-state index is 0.188. The summed E-state index contributed by atoms with van der Waals surface area (Å²) >= 11 is 7.49. The first kappa shape index (κ1) is 21.9. The lowest BCUT2D eigenvalue weighted by Gasteiger charge is -2.09. The fourth-order valence-corrected chi connectivity index (χ4v) is 4.58. The van der Waals surface area contributed by atoms with Gasteiger partial charge < -0.3 is 14.8 Å². The maximum Gasteiger partial charge on any atom is 0.349 e. The van der Waals surface area contributed by atoms with Crippen LogP contribution in [0.4, 0.5) is 5.69 Å². The number of thiophene rings is 1. The second-order valence-corrected chi connectivity index (χ2v) is 8.61. The van der Waals surface area contributed by atoms with Crippen LogP contribution in [-0.2, 0) is 11.5 Å². The van der Waals surface area contributed by atoms with E-state index in [0.717, 1.165) is 27.0 Å². The first-order chi connectivity index (χ1) is 15.4. The maximum absolute atomic E-state index is 12.6. The predicted molar refractivity (Wildman–Crippen MR) is 125 cm³/mol. The topological polar surface area (TPSA) is 82.5 Å². The smallest absolute Gasteiger partial charge is 0.349 e. The average molecular weight is 470 g/mol. The summed E-state index contributed by atoms with van der Waals surface area (Å²) in [6.45, 7) is 4.16. The Morgan fingerprint density at radius 1 is 1.16 bits per heavy atom. The largest absolute Gasteiger partial charge is 0.471 e. The highest BCUT2D eigenvalue weighted by atomic mass is 35.5. The Balaban J connectivity index is 1.45. The minimum Gasteiger partial charge on any atom is -0.471 e. The number of esters is 1. The Labute approximate surface area is 193 Å². The highest BCUT2D eigenvalue weighted by Gasteiger charge is 2.18. The number of carbonyl (C=O) groups is 2. The van der Waals surface area contributed by atoms with E-state index in [2.05, 4.69) is 10.4 Å². The number of hydrogen-bond acceptors (Lipinski definition) is 6. The summed E-state index contributed by atoms with van der Waals surface area (Å²) < 4.78 is 12.9. The molecule has 4 rings (SSSR count). The number of ether oxygens (including phenoxy) is 2. The monoisotopic (exact) mass is 469 g/mol. The van der Waals surface area contributed by atoms with Crippen molar-refractivity contribution in [2.45, 2.75) is 20.6 Å². The van der Waals surface area contributed by atoms with E-state index in [0.29, 0.717) is 15.6 Å².